The maximum atomic E-state index is 12.1. The molecule has 2 aliphatic heterocycles. The summed E-state index contributed by atoms with van der Waals surface area (Å²) in [5.41, 5.74) is 0.495. The van der Waals surface area contributed by atoms with Gasteiger partial charge in [0, 0.05) is 19.1 Å². The van der Waals surface area contributed by atoms with Crippen LogP contribution in [-0.4, -0.2) is 45.2 Å². The van der Waals surface area contributed by atoms with Gasteiger partial charge >= 0.3 is 0 Å². The molecule has 0 aliphatic carbocycles. The van der Waals surface area contributed by atoms with E-state index in [0.29, 0.717) is 17.7 Å². The molecule has 1 N–H and O–H groups in total. The Morgan fingerprint density at radius 1 is 1.53 bits per heavy atom. The van der Waals surface area contributed by atoms with Gasteiger partial charge in [-0.15, -0.1) is 12.4 Å². The van der Waals surface area contributed by atoms with E-state index in [1.807, 2.05) is 4.90 Å². The van der Waals surface area contributed by atoms with E-state index < -0.39 is 0 Å². The third-order valence-electron chi connectivity index (χ3n) is 3.52. The zero-order valence-corrected chi connectivity index (χ0v) is 11.0. The average molecular weight is 275 g/mol. The molecule has 17 heavy (non-hydrogen) atoms. The first kappa shape index (κ1) is 12.7. The number of carbonyl (C=O) groups excluding carboxylic acids is 1. The van der Waals surface area contributed by atoms with Gasteiger partial charge in [0.1, 0.15) is 0 Å². The molecule has 3 rings (SSSR count). The molecule has 2 aliphatic rings. The van der Waals surface area contributed by atoms with Crippen LogP contribution < -0.4 is 5.32 Å². The van der Waals surface area contributed by atoms with E-state index in [4.69, 9.17) is 0 Å². The molecule has 2 fully saturated rings. The van der Waals surface area contributed by atoms with Gasteiger partial charge in [-0.2, -0.15) is 8.75 Å². The number of hydrogen-bond donors (Lipinski definition) is 1. The molecule has 7 heteroatoms. The first-order valence-corrected chi connectivity index (χ1v) is 6.38. The number of likely N-dealkylation sites (tertiary alicyclic amines) is 1. The Morgan fingerprint density at radius 3 is 3.18 bits per heavy atom. The Hall–Kier alpha value is -0.720. The van der Waals surface area contributed by atoms with Crippen molar-refractivity contribution in [2.24, 2.45) is 5.92 Å². The first-order valence-electron chi connectivity index (χ1n) is 5.65. The summed E-state index contributed by atoms with van der Waals surface area (Å²) in [6.45, 7) is 2.80. The topological polar surface area (TPSA) is 58.1 Å². The van der Waals surface area contributed by atoms with Gasteiger partial charge in [-0.05, 0) is 25.3 Å². The fourth-order valence-corrected chi connectivity index (χ4v) is 3.06. The van der Waals surface area contributed by atoms with Crippen molar-refractivity contribution >= 4 is 30.0 Å². The second-order valence-corrected chi connectivity index (χ2v) is 5.00. The van der Waals surface area contributed by atoms with Crippen molar-refractivity contribution in [2.45, 2.75) is 18.9 Å². The van der Waals surface area contributed by atoms with E-state index >= 15 is 0 Å². The van der Waals surface area contributed by atoms with Gasteiger partial charge in [0.25, 0.3) is 5.91 Å². The standard InChI is InChI=1S/C10H14N4OS.ClH/c15-10(9-5-12-16-13-9)14-4-2-8-7(6-14)1-3-11-8;/h5,7-8,11H,1-4,6H2;1H. The van der Waals surface area contributed by atoms with Crippen LogP contribution in [0.5, 0.6) is 0 Å². The number of nitrogens with one attached hydrogen (secondary N) is 1. The summed E-state index contributed by atoms with van der Waals surface area (Å²) in [5.74, 6) is 0.670. The number of rotatable bonds is 1. The second-order valence-electron chi connectivity index (χ2n) is 4.44. The Balaban J connectivity index is 0.00000108. The number of carbonyl (C=O) groups is 1. The van der Waals surface area contributed by atoms with Gasteiger partial charge in [0.05, 0.1) is 17.9 Å². The van der Waals surface area contributed by atoms with Crippen LogP contribution in [-0.2, 0) is 0 Å². The molecule has 2 saturated heterocycles. The summed E-state index contributed by atoms with van der Waals surface area (Å²) in [4.78, 5) is 14.0. The number of hydrogen-bond acceptors (Lipinski definition) is 5. The van der Waals surface area contributed by atoms with Crippen LogP contribution >= 0.6 is 24.1 Å². The molecule has 1 aromatic heterocycles. The SMILES string of the molecule is Cl.O=C(c1cnsn1)N1CCC2NCCC2C1. The lowest BCUT2D eigenvalue weighted by molar-refractivity contribution is 0.0657. The molecular weight excluding hydrogens is 260 g/mol. The van der Waals surface area contributed by atoms with E-state index in [1.165, 1.54) is 6.42 Å². The quantitative estimate of drug-likeness (QED) is 0.822. The molecule has 3 heterocycles. The van der Waals surface area contributed by atoms with E-state index in [2.05, 4.69) is 14.1 Å². The molecule has 0 radical (unpaired) electrons. The predicted molar refractivity (Wildman–Crippen MR) is 67.6 cm³/mol. The summed E-state index contributed by atoms with van der Waals surface area (Å²) in [6.07, 6.45) is 3.81. The van der Waals surface area contributed by atoms with Gasteiger partial charge in [-0.1, -0.05) is 0 Å². The lowest BCUT2D eigenvalue weighted by atomic mass is 9.93. The van der Waals surface area contributed by atoms with E-state index in [9.17, 15) is 4.79 Å². The summed E-state index contributed by atoms with van der Waals surface area (Å²) >= 11 is 1.09. The van der Waals surface area contributed by atoms with Gasteiger partial charge in [-0.25, -0.2) is 0 Å². The van der Waals surface area contributed by atoms with Crippen LogP contribution in [0.25, 0.3) is 0 Å². The van der Waals surface area contributed by atoms with Crippen molar-refractivity contribution in [1.29, 1.82) is 0 Å². The minimum atomic E-state index is 0. The van der Waals surface area contributed by atoms with Crippen molar-refractivity contribution in [3.05, 3.63) is 11.9 Å². The lowest BCUT2D eigenvalue weighted by Crippen LogP contribution is -2.46. The second kappa shape index (κ2) is 5.29. The Kier molecular flexibility index (Phi) is 3.96. The molecule has 0 spiro atoms. The van der Waals surface area contributed by atoms with Crippen LogP contribution in [0.2, 0.25) is 0 Å². The highest BCUT2D eigenvalue weighted by Gasteiger charge is 2.34. The number of amides is 1. The minimum Gasteiger partial charge on any atom is -0.337 e. The maximum Gasteiger partial charge on any atom is 0.275 e. The van der Waals surface area contributed by atoms with E-state index in [-0.39, 0.29) is 18.3 Å². The first-order chi connectivity index (χ1) is 7.84. The highest BCUT2D eigenvalue weighted by molar-refractivity contribution is 6.99. The van der Waals surface area contributed by atoms with Gasteiger partial charge < -0.3 is 10.2 Å². The zero-order valence-electron chi connectivity index (χ0n) is 9.33. The molecule has 0 aromatic carbocycles. The third kappa shape index (κ3) is 2.43. The van der Waals surface area contributed by atoms with Crippen LogP contribution in [0.4, 0.5) is 0 Å². The van der Waals surface area contributed by atoms with Crippen LogP contribution in [0.15, 0.2) is 6.20 Å². The van der Waals surface area contributed by atoms with Crippen molar-refractivity contribution in [1.82, 2.24) is 19.0 Å². The van der Waals surface area contributed by atoms with Crippen molar-refractivity contribution in [3.63, 3.8) is 0 Å². The Labute approximate surface area is 110 Å². The molecule has 2 atom stereocenters. The fraction of sp³-hybridized carbons (Fsp3) is 0.700. The number of piperidine rings is 1. The molecular formula is C10H15ClN4OS. The largest absolute Gasteiger partial charge is 0.337 e. The van der Waals surface area contributed by atoms with Gasteiger partial charge in [-0.3, -0.25) is 4.79 Å². The smallest absolute Gasteiger partial charge is 0.275 e. The molecule has 5 nitrogen and oxygen atoms in total. The lowest BCUT2D eigenvalue weighted by Gasteiger charge is -2.34. The minimum absolute atomic E-state index is 0. The molecule has 2 unspecified atom stereocenters. The fourth-order valence-electron chi connectivity index (χ4n) is 2.65. The van der Waals surface area contributed by atoms with E-state index in [1.54, 1.807) is 6.20 Å². The summed E-state index contributed by atoms with van der Waals surface area (Å²) < 4.78 is 7.88. The highest BCUT2D eigenvalue weighted by atomic mass is 35.5. The normalized spacial score (nSPS) is 27.4. The third-order valence-corrected chi connectivity index (χ3v) is 4.00. The van der Waals surface area contributed by atoms with Crippen molar-refractivity contribution in [2.75, 3.05) is 19.6 Å². The Morgan fingerprint density at radius 2 is 2.41 bits per heavy atom. The van der Waals surface area contributed by atoms with Crippen LogP contribution in [0, 0.1) is 5.92 Å². The average Bonchev–Trinajstić information content (AvgIpc) is 2.98. The summed E-state index contributed by atoms with van der Waals surface area (Å²) in [5, 5.41) is 3.49. The molecule has 94 valence electrons. The zero-order chi connectivity index (χ0) is 11.0. The highest BCUT2D eigenvalue weighted by Crippen LogP contribution is 2.25. The summed E-state index contributed by atoms with van der Waals surface area (Å²) in [7, 11) is 0. The number of halogens is 1. The number of fused-ring (bicyclic) bond motifs is 1. The van der Waals surface area contributed by atoms with Crippen molar-refractivity contribution in [3.8, 4) is 0 Å². The van der Waals surface area contributed by atoms with E-state index in [0.717, 1.165) is 37.8 Å². The Bertz CT molecular complexity index is 386. The molecule has 0 bridgehead atoms. The van der Waals surface area contributed by atoms with Gasteiger partial charge in [0.2, 0.25) is 0 Å². The van der Waals surface area contributed by atoms with Crippen LogP contribution in [0.3, 0.4) is 0 Å². The monoisotopic (exact) mass is 274 g/mol. The summed E-state index contributed by atoms with van der Waals surface area (Å²) in [6, 6.07) is 0.623. The molecule has 1 amide bonds. The molecule has 0 saturated carbocycles. The van der Waals surface area contributed by atoms with Crippen LogP contribution in [0.1, 0.15) is 23.3 Å². The van der Waals surface area contributed by atoms with Gasteiger partial charge in [0.15, 0.2) is 5.69 Å². The van der Waals surface area contributed by atoms with Crippen molar-refractivity contribution < 1.29 is 4.79 Å². The predicted octanol–water partition coefficient (Wildman–Crippen LogP) is 0.784. The maximum absolute atomic E-state index is 12.1. The number of nitrogens with zero attached hydrogens (tertiary/aromatic N) is 3. The molecule has 1 aromatic rings. The number of aromatic nitrogens is 2.